The van der Waals surface area contributed by atoms with Gasteiger partial charge in [0, 0.05) is 17.1 Å². The van der Waals surface area contributed by atoms with Gasteiger partial charge in [-0.2, -0.15) is 0 Å². The van der Waals surface area contributed by atoms with E-state index in [1.54, 1.807) is 11.3 Å². The number of ether oxygens (including phenoxy) is 2. The lowest BCUT2D eigenvalue weighted by Crippen LogP contribution is -2.14. The SMILES string of the molecule is CCc1ccc(-c2ccccn2)cc1.CCc1scc2c1OCCO2. The fourth-order valence-corrected chi connectivity index (χ4v) is 3.46. The third-order valence-corrected chi connectivity index (χ3v) is 5.11. The van der Waals surface area contributed by atoms with E-state index in [4.69, 9.17) is 9.47 Å². The highest BCUT2D eigenvalue weighted by Gasteiger charge is 2.16. The second-order valence-electron chi connectivity index (χ2n) is 5.67. The van der Waals surface area contributed by atoms with Crippen molar-refractivity contribution in [2.75, 3.05) is 13.2 Å². The number of fused-ring (bicyclic) bond motifs is 1. The molecule has 0 unspecified atom stereocenters. The molecule has 4 rings (SSSR count). The largest absolute Gasteiger partial charge is 0.485 e. The van der Waals surface area contributed by atoms with E-state index in [0.29, 0.717) is 13.2 Å². The van der Waals surface area contributed by atoms with Crippen LogP contribution < -0.4 is 9.47 Å². The Bertz CT molecular complexity index is 768. The molecule has 4 heteroatoms. The highest BCUT2D eigenvalue weighted by atomic mass is 32.1. The quantitative estimate of drug-likeness (QED) is 0.632. The molecule has 1 aliphatic rings. The summed E-state index contributed by atoms with van der Waals surface area (Å²) in [4.78, 5) is 5.60. The zero-order chi connectivity index (χ0) is 17.5. The summed E-state index contributed by atoms with van der Waals surface area (Å²) in [7, 11) is 0. The van der Waals surface area contributed by atoms with Crippen LogP contribution in [0.1, 0.15) is 24.3 Å². The average Bonchev–Trinajstić information content (AvgIpc) is 3.12. The first kappa shape index (κ1) is 17.5. The summed E-state index contributed by atoms with van der Waals surface area (Å²) in [5.41, 5.74) is 3.59. The molecular formula is C21H23NO2S. The van der Waals surface area contributed by atoms with Gasteiger partial charge in [0.25, 0.3) is 0 Å². The van der Waals surface area contributed by atoms with Gasteiger partial charge in [-0.1, -0.05) is 44.2 Å². The van der Waals surface area contributed by atoms with Crippen LogP contribution in [0.2, 0.25) is 0 Å². The maximum atomic E-state index is 5.47. The van der Waals surface area contributed by atoms with Crippen LogP contribution in [-0.2, 0) is 12.8 Å². The van der Waals surface area contributed by atoms with Crippen LogP contribution in [-0.4, -0.2) is 18.2 Å². The molecule has 130 valence electrons. The standard InChI is InChI=1S/C13H13N.C8H10O2S/c1-2-11-6-8-12(9-7-11)13-5-3-4-10-14-13;1-2-7-8-6(5-11-7)9-3-4-10-8/h3-10H,2H2,1H3;5H,2-4H2,1H3. The highest BCUT2D eigenvalue weighted by molar-refractivity contribution is 7.10. The fourth-order valence-electron chi connectivity index (χ4n) is 2.60. The normalized spacial score (nSPS) is 12.2. The minimum absolute atomic E-state index is 0.687. The minimum atomic E-state index is 0.687. The van der Waals surface area contributed by atoms with E-state index in [1.165, 1.54) is 16.0 Å². The Morgan fingerprint density at radius 1 is 0.960 bits per heavy atom. The van der Waals surface area contributed by atoms with Gasteiger partial charge in [0.05, 0.1) is 10.6 Å². The van der Waals surface area contributed by atoms with Crippen LogP contribution in [0.25, 0.3) is 11.3 Å². The number of thiophene rings is 1. The van der Waals surface area contributed by atoms with E-state index in [-0.39, 0.29) is 0 Å². The maximum Gasteiger partial charge on any atom is 0.175 e. The summed E-state index contributed by atoms with van der Waals surface area (Å²) < 4.78 is 10.9. The minimum Gasteiger partial charge on any atom is -0.485 e. The van der Waals surface area contributed by atoms with E-state index in [2.05, 4.69) is 43.1 Å². The molecule has 0 radical (unpaired) electrons. The molecule has 3 nitrogen and oxygen atoms in total. The topological polar surface area (TPSA) is 31.4 Å². The van der Waals surface area contributed by atoms with Crippen molar-refractivity contribution in [1.82, 2.24) is 4.98 Å². The van der Waals surface area contributed by atoms with Gasteiger partial charge in [-0.15, -0.1) is 11.3 Å². The molecule has 0 aliphatic carbocycles. The summed E-state index contributed by atoms with van der Waals surface area (Å²) in [5.74, 6) is 1.90. The molecule has 2 aromatic heterocycles. The predicted octanol–water partition coefficient (Wildman–Crippen LogP) is 5.39. The van der Waals surface area contributed by atoms with Crippen molar-refractivity contribution >= 4 is 11.3 Å². The first-order valence-electron chi connectivity index (χ1n) is 8.68. The Labute approximate surface area is 153 Å². The van der Waals surface area contributed by atoms with Crippen molar-refractivity contribution < 1.29 is 9.47 Å². The fraction of sp³-hybridized carbons (Fsp3) is 0.286. The Balaban J connectivity index is 0.000000150. The predicted molar refractivity (Wildman–Crippen MR) is 104 cm³/mol. The number of benzene rings is 1. The molecular weight excluding hydrogens is 330 g/mol. The molecule has 25 heavy (non-hydrogen) atoms. The Hall–Kier alpha value is -2.33. The van der Waals surface area contributed by atoms with Crippen LogP contribution >= 0.6 is 11.3 Å². The molecule has 0 saturated heterocycles. The summed E-state index contributed by atoms with van der Waals surface area (Å²) >= 11 is 1.72. The average molecular weight is 353 g/mol. The highest BCUT2D eigenvalue weighted by Crippen LogP contribution is 2.39. The third kappa shape index (κ3) is 4.40. The molecule has 3 heterocycles. The molecule has 0 amide bonds. The van der Waals surface area contributed by atoms with Gasteiger partial charge in [-0.3, -0.25) is 4.98 Å². The first-order valence-corrected chi connectivity index (χ1v) is 9.56. The maximum absolute atomic E-state index is 5.47. The summed E-state index contributed by atoms with van der Waals surface area (Å²) in [6.45, 7) is 5.67. The Morgan fingerprint density at radius 2 is 1.76 bits per heavy atom. The van der Waals surface area contributed by atoms with Crippen LogP contribution in [0.3, 0.4) is 0 Å². The molecule has 1 aromatic carbocycles. The lowest BCUT2D eigenvalue weighted by molar-refractivity contribution is 0.172. The second kappa shape index (κ2) is 8.67. The monoisotopic (exact) mass is 353 g/mol. The van der Waals surface area contributed by atoms with Crippen molar-refractivity contribution in [3.05, 3.63) is 64.5 Å². The smallest absolute Gasteiger partial charge is 0.175 e. The number of aromatic nitrogens is 1. The molecule has 0 atom stereocenters. The lowest BCUT2D eigenvalue weighted by Gasteiger charge is -2.15. The number of pyridine rings is 1. The zero-order valence-electron chi connectivity index (χ0n) is 14.7. The van der Waals surface area contributed by atoms with Gasteiger partial charge in [-0.05, 0) is 30.5 Å². The Kier molecular flexibility index (Phi) is 6.07. The molecule has 0 spiro atoms. The van der Waals surface area contributed by atoms with E-state index in [1.807, 2.05) is 29.8 Å². The summed E-state index contributed by atoms with van der Waals surface area (Å²) in [6, 6.07) is 14.5. The first-order chi connectivity index (χ1) is 12.3. The van der Waals surface area contributed by atoms with E-state index >= 15 is 0 Å². The van der Waals surface area contributed by atoms with Crippen LogP contribution in [0, 0.1) is 0 Å². The van der Waals surface area contributed by atoms with Crippen LogP contribution in [0.4, 0.5) is 0 Å². The summed E-state index contributed by atoms with van der Waals surface area (Å²) in [5, 5.41) is 2.02. The van der Waals surface area contributed by atoms with Gasteiger partial charge in [0.2, 0.25) is 0 Å². The Morgan fingerprint density at radius 3 is 2.44 bits per heavy atom. The number of hydrogen-bond acceptors (Lipinski definition) is 4. The van der Waals surface area contributed by atoms with Gasteiger partial charge < -0.3 is 9.47 Å². The van der Waals surface area contributed by atoms with Gasteiger partial charge in [0.1, 0.15) is 13.2 Å². The van der Waals surface area contributed by atoms with Gasteiger partial charge in [0.15, 0.2) is 11.5 Å². The molecule has 0 bridgehead atoms. The number of aryl methyl sites for hydroxylation is 2. The second-order valence-corrected chi connectivity index (χ2v) is 6.63. The van der Waals surface area contributed by atoms with Crippen molar-refractivity contribution in [2.24, 2.45) is 0 Å². The van der Waals surface area contributed by atoms with E-state index in [9.17, 15) is 0 Å². The van der Waals surface area contributed by atoms with Crippen molar-refractivity contribution in [1.29, 1.82) is 0 Å². The zero-order valence-corrected chi connectivity index (χ0v) is 15.5. The molecule has 0 N–H and O–H groups in total. The lowest BCUT2D eigenvalue weighted by atomic mass is 10.1. The molecule has 3 aromatic rings. The third-order valence-electron chi connectivity index (χ3n) is 4.02. The molecule has 1 aliphatic heterocycles. The number of nitrogens with zero attached hydrogens (tertiary/aromatic N) is 1. The van der Waals surface area contributed by atoms with Crippen LogP contribution in [0.15, 0.2) is 54.0 Å². The van der Waals surface area contributed by atoms with Gasteiger partial charge >= 0.3 is 0 Å². The number of hydrogen-bond donors (Lipinski definition) is 0. The van der Waals surface area contributed by atoms with E-state index in [0.717, 1.165) is 30.0 Å². The molecule has 0 fully saturated rings. The van der Waals surface area contributed by atoms with Crippen molar-refractivity contribution in [2.45, 2.75) is 26.7 Å². The summed E-state index contributed by atoms with van der Waals surface area (Å²) in [6.07, 6.45) is 3.94. The van der Waals surface area contributed by atoms with E-state index < -0.39 is 0 Å². The van der Waals surface area contributed by atoms with Crippen LogP contribution in [0.5, 0.6) is 11.5 Å². The van der Waals surface area contributed by atoms with Crippen molar-refractivity contribution in [3.8, 4) is 22.8 Å². The number of rotatable bonds is 3. The molecule has 0 saturated carbocycles. The van der Waals surface area contributed by atoms with Gasteiger partial charge in [-0.25, -0.2) is 0 Å². The van der Waals surface area contributed by atoms with Crippen molar-refractivity contribution in [3.63, 3.8) is 0 Å².